The van der Waals surface area contributed by atoms with E-state index in [9.17, 15) is 13.5 Å². The molecule has 2 aromatic heterocycles. The molecule has 1 aromatic carbocycles. The van der Waals surface area contributed by atoms with Gasteiger partial charge in [0.25, 0.3) is 0 Å². The fraction of sp³-hybridized carbons (Fsp3) is 0.409. The summed E-state index contributed by atoms with van der Waals surface area (Å²) in [7, 11) is -2.30. The zero-order valence-corrected chi connectivity index (χ0v) is 19.1. The molecule has 3 atom stereocenters. The van der Waals surface area contributed by atoms with Crippen LogP contribution in [0.4, 0.5) is 0 Å². The molecule has 11 heteroatoms. The van der Waals surface area contributed by atoms with Gasteiger partial charge in [0, 0.05) is 18.8 Å². The fourth-order valence-electron chi connectivity index (χ4n) is 3.83. The summed E-state index contributed by atoms with van der Waals surface area (Å²) >= 11 is 0. The number of aliphatic hydroxyl groups excluding tert-OH is 1. The van der Waals surface area contributed by atoms with Gasteiger partial charge in [-0.25, -0.2) is 13.1 Å². The summed E-state index contributed by atoms with van der Waals surface area (Å²) in [6.45, 7) is 0.303. The highest BCUT2D eigenvalue weighted by molar-refractivity contribution is 7.89. The molecule has 10 nitrogen and oxygen atoms in total. The molecule has 0 saturated carbocycles. The van der Waals surface area contributed by atoms with E-state index in [1.165, 1.54) is 19.2 Å². The first-order chi connectivity index (χ1) is 16.0. The number of pyridine rings is 1. The van der Waals surface area contributed by atoms with Crippen molar-refractivity contribution in [2.24, 2.45) is 0 Å². The van der Waals surface area contributed by atoms with E-state index in [2.05, 4.69) is 20.0 Å². The second-order valence-corrected chi connectivity index (χ2v) is 9.55. The van der Waals surface area contributed by atoms with E-state index in [0.29, 0.717) is 37.3 Å². The average Bonchev–Trinajstić information content (AvgIpc) is 3.33. The zero-order valence-electron chi connectivity index (χ0n) is 18.2. The molecule has 33 heavy (non-hydrogen) atoms. The smallest absolute Gasteiger partial charge is 0.241 e. The third kappa shape index (κ3) is 5.74. The third-order valence-electron chi connectivity index (χ3n) is 5.60. The molecular formula is C22H27N5O5S. The highest BCUT2D eigenvalue weighted by Crippen LogP contribution is 2.25. The molecule has 3 heterocycles. The maximum Gasteiger partial charge on any atom is 0.241 e. The number of hydrogen-bond donors (Lipinski definition) is 2. The SMILES string of the molecule is COc1cccc(S(=O)(=O)N[C@H]2CC[C@H](CCn3cc(-c4ccccn4)nn3)O[C@@H]2CO)c1. The summed E-state index contributed by atoms with van der Waals surface area (Å²) in [5, 5.41) is 18.1. The Morgan fingerprint density at radius 3 is 2.85 bits per heavy atom. The van der Waals surface area contributed by atoms with E-state index in [4.69, 9.17) is 9.47 Å². The van der Waals surface area contributed by atoms with Crippen LogP contribution < -0.4 is 9.46 Å². The number of benzene rings is 1. The molecule has 1 fully saturated rings. The molecule has 1 aliphatic rings. The Morgan fingerprint density at radius 1 is 1.21 bits per heavy atom. The van der Waals surface area contributed by atoms with Gasteiger partial charge in [-0.3, -0.25) is 9.67 Å². The molecule has 0 spiro atoms. The monoisotopic (exact) mass is 473 g/mol. The lowest BCUT2D eigenvalue weighted by molar-refractivity contribution is -0.0891. The molecule has 0 radical (unpaired) electrons. The first-order valence-electron chi connectivity index (χ1n) is 10.7. The molecule has 1 saturated heterocycles. The van der Waals surface area contributed by atoms with Crippen LogP contribution in [-0.4, -0.2) is 65.5 Å². The number of rotatable bonds is 9. The van der Waals surface area contributed by atoms with Gasteiger partial charge in [-0.05, 0) is 43.5 Å². The van der Waals surface area contributed by atoms with Gasteiger partial charge < -0.3 is 14.6 Å². The fourth-order valence-corrected chi connectivity index (χ4v) is 5.16. The van der Waals surface area contributed by atoms with Crippen molar-refractivity contribution >= 4 is 10.0 Å². The van der Waals surface area contributed by atoms with Gasteiger partial charge in [-0.2, -0.15) is 0 Å². The second-order valence-electron chi connectivity index (χ2n) is 7.83. The molecule has 0 aliphatic carbocycles. The van der Waals surface area contributed by atoms with Gasteiger partial charge in [-0.15, -0.1) is 5.10 Å². The number of sulfonamides is 1. The Hall–Kier alpha value is -2.86. The summed E-state index contributed by atoms with van der Waals surface area (Å²) in [6.07, 6.45) is 4.65. The number of nitrogens with zero attached hydrogens (tertiary/aromatic N) is 4. The molecule has 1 aliphatic heterocycles. The standard InChI is InChI=1S/C22H27N5O5S/c1-31-17-5-4-6-18(13-17)33(29,30)25-20-9-8-16(32-22(20)15-28)10-12-27-14-21(24-26-27)19-7-2-3-11-23-19/h2-7,11,13-14,16,20,22,25,28H,8-10,12,15H2,1H3/t16-,20+,22-/m1/s1. The van der Waals surface area contributed by atoms with E-state index in [0.717, 1.165) is 5.69 Å². The Morgan fingerprint density at radius 2 is 2.09 bits per heavy atom. The van der Waals surface area contributed by atoms with E-state index >= 15 is 0 Å². The number of methoxy groups -OCH3 is 1. The van der Waals surface area contributed by atoms with Gasteiger partial charge in [0.1, 0.15) is 11.4 Å². The Balaban J connectivity index is 1.33. The van der Waals surface area contributed by atoms with Crippen LogP contribution in [0.25, 0.3) is 11.4 Å². The van der Waals surface area contributed by atoms with Crippen LogP contribution in [0.1, 0.15) is 19.3 Å². The lowest BCUT2D eigenvalue weighted by Gasteiger charge is -2.36. The Bertz CT molecular complexity index is 1150. The van der Waals surface area contributed by atoms with E-state index in [1.807, 2.05) is 24.4 Å². The lowest BCUT2D eigenvalue weighted by Crippen LogP contribution is -2.50. The normalized spacial score (nSPS) is 21.1. The molecule has 0 amide bonds. The maximum absolute atomic E-state index is 12.8. The molecular weight excluding hydrogens is 446 g/mol. The van der Waals surface area contributed by atoms with Gasteiger partial charge in [0.2, 0.25) is 10.0 Å². The van der Waals surface area contributed by atoms with E-state index in [-0.39, 0.29) is 17.6 Å². The highest BCUT2D eigenvalue weighted by atomic mass is 32.2. The number of nitrogens with one attached hydrogen (secondary N) is 1. The molecule has 3 aromatic rings. The summed E-state index contributed by atoms with van der Waals surface area (Å²) in [5.41, 5.74) is 1.45. The van der Waals surface area contributed by atoms with E-state index < -0.39 is 22.2 Å². The van der Waals surface area contributed by atoms with Crippen molar-refractivity contribution in [1.82, 2.24) is 24.7 Å². The van der Waals surface area contributed by atoms with Crippen LogP contribution in [0, 0.1) is 0 Å². The minimum atomic E-state index is -3.78. The van der Waals surface area contributed by atoms with Gasteiger partial charge in [0.05, 0.1) is 48.8 Å². The van der Waals surface area contributed by atoms with Crippen LogP contribution >= 0.6 is 0 Å². The number of ether oxygens (including phenoxy) is 2. The predicted octanol–water partition coefficient (Wildman–Crippen LogP) is 1.63. The Labute approximate surface area is 192 Å². The van der Waals surface area contributed by atoms with Crippen LogP contribution in [0.15, 0.2) is 59.8 Å². The first-order valence-corrected chi connectivity index (χ1v) is 12.2. The number of aromatic nitrogens is 4. The van der Waals surface area contributed by atoms with E-state index in [1.54, 1.807) is 23.0 Å². The van der Waals surface area contributed by atoms with Crippen LogP contribution in [0.2, 0.25) is 0 Å². The number of aliphatic hydroxyl groups is 1. The zero-order chi connectivity index (χ0) is 23.3. The van der Waals surface area contributed by atoms with Crippen molar-refractivity contribution in [3.05, 3.63) is 54.9 Å². The molecule has 0 unspecified atom stereocenters. The highest BCUT2D eigenvalue weighted by Gasteiger charge is 2.34. The average molecular weight is 474 g/mol. The predicted molar refractivity (Wildman–Crippen MR) is 120 cm³/mol. The van der Waals surface area contributed by atoms with Crippen molar-refractivity contribution in [3.63, 3.8) is 0 Å². The van der Waals surface area contributed by atoms with Gasteiger partial charge >= 0.3 is 0 Å². The third-order valence-corrected chi connectivity index (χ3v) is 7.09. The summed E-state index contributed by atoms with van der Waals surface area (Å²) in [6, 6.07) is 11.3. The number of aryl methyl sites for hydroxylation is 1. The minimum Gasteiger partial charge on any atom is -0.497 e. The van der Waals surface area contributed by atoms with Crippen molar-refractivity contribution in [2.75, 3.05) is 13.7 Å². The summed E-state index contributed by atoms with van der Waals surface area (Å²) in [5.74, 6) is 0.454. The molecule has 0 bridgehead atoms. The Kier molecular flexibility index (Phi) is 7.33. The quantitative estimate of drug-likeness (QED) is 0.480. The van der Waals surface area contributed by atoms with Crippen molar-refractivity contribution in [1.29, 1.82) is 0 Å². The maximum atomic E-state index is 12.8. The largest absolute Gasteiger partial charge is 0.497 e. The van der Waals surface area contributed by atoms with Crippen molar-refractivity contribution < 1.29 is 23.0 Å². The van der Waals surface area contributed by atoms with Crippen molar-refractivity contribution in [2.45, 2.75) is 49.0 Å². The van der Waals surface area contributed by atoms with Crippen LogP contribution in [0.5, 0.6) is 5.75 Å². The summed E-state index contributed by atoms with van der Waals surface area (Å²) in [4.78, 5) is 4.38. The topological polar surface area (TPSA) is 128 Å². The lowest BCUT2D eigenvalue weighted by atomic mass is 9.98. The first kappa shape index (κ1) is 23.3. The van der Waals surface area contributed by atoms with Crippen LogP contribution in [-0.2, 0) is 21.3 Å². The molecule has 4 rings (SSSR count). The van der Waals surface area contributed by atoms with Gasteiger partial charge in [0.15, 0.2) is 0 Å². The minimum absolute atomic E-state index is 0.107. The summed E-state index contributed by atoms with van der Waals surface area (Å²) < 4.78 is 41.2. The van der Waals surface area contributed by atoms with Crippen molar-refractivity contribution in [3.8, 4) is 17.1 Å². The van der Waals surface area contributed by atoms with Crippen LogP contribution in [0.3, 0.4) is 0 Å². The molecule has 176 valence electrons. The molecule has 2 N–H and O–H groups in total. The second kappa shape index (κ2) is 10.4. The van der Waals surface area contributed by atoms with Gasteiger partial charge in [-0.1, -0.05) is 17.3 Å². The number of hydrogen-bond acceptors (Lipinski definition) is 8.